The Balaban J connectivity index is 1.57. The molecule has 120 valence electrons. The van der Waals surface area contributed by atoms with Crippen LogP contribution in [-0.4, -0.2) is 11.8 Å². The van der Waals surface area contributed by atoms with Crippen molar-refractivity contribution in [2.45, 2.75) is 38.2 Å². The van der Waals surface area contributed by atoms with E-state index in [9.17, 15) is 9.59 Å². The van der Waals surface area contributed by atoms with Gasteiger partial charge in [0.1, 0.15) is 6.10 Å². The highest BCUT2D eigenvalue weighted by Gasteiger charge is 2.44. The molecular weight excluding hydrogens is 300 g/mol. The zero-order chi connectivity index (χ0) is 16.3. The van der Waals surface area contributed by atoms with Crippen molar-refractivity contribution in [3.63, 3.8) is 0 Å². The lowest BCUT2D eigenvalue weighted by molar-refractivity contribution is 0.0252. The van der Waals surface area contributed by atoms with Gasteiger partial charge in [0.2, 0.25) is 0 Å². The third-order valence-corrected chi connectivity index (χ3v) is 5.73. The molecule has 0 N–H and O–H groups in total. The number of hydrogen-bond donors (Lipinski definition) is 0. The fourth-order valence-corrected chi connectivity index (χ4v) is 4.59. The van der Waals surface area contributed by atoms with Gasteiger partial charge in [0.15, 0.2) is 5.78 Å². The molecule has 5 rings (SSSR count). The van der Waals surface area contributed by atoms with Crippen molar-refractivity contribution < 1.29 is 14.3 Å². The Morgan fingerprint density at radius 2 is 1.71 bits per heavy atom. The summed E-state index contributed by atoms with van der Waals surface area (Å²) in [4.78, 5) is 25.3. The van der Waals surface area contributed by atoms with Crippen LogP contribution in [0.15, 0.2) is 36.4 Å². The molecular formula is C21H18O3. The van der Waals surface area contributed by atoms with E-state index in [-0.39, 0.29) is 17.7 Å². The molecule has 3 heteroatoms. The van der Waals surface area contributed by atoms with Crippen molar-refractivity contribution in [2.24, 2.45) is 5.92 Å². The highest BCUT2D eigenvalue weighted by Crippen LogP contribution is 2.44. The molecule has 0 aromatic heterocycles. The van der Waals surface area contributed by atoms with E-state index in [0.29, 0.717) is 12.0 Å². The highest BCUT2D eigenvalue weighted by atomic mass is 16.5. The molecule has 2 atom stereocenters. The Morgan fingerprint density at radius 3 is 2.62 bits per heavy atom. The molecule has 0 saturated carbocycles. The van der Waals surface area contributed by atoms with Gasteiger partial charge in [0.05, 0.1) is 11.5 Å². The lowest BCUT2D eigenvalue weighted by Crippen LogP contribution is -2.20. The van der Waals surface area contributed by atoms with E-state index in [2.05, 4.69) is 12.1 Å². The van der Waals surface area contributed by atoms with Gasteiger partial charge in [-0.1, -0.05) is 30.3 Å². The van der Waals surface area contributed by atoms with Gasteiger partial charge in [-0.25, -0.2) is 4.79 Å². The molecule has 0 radical (unpaired) electrons. The van der Waals surface area contributed by atoms with Crippen LogP contribution in [0.2, 0.25) is 0 Å². The predicted molar refractivity (Wildman–Crippen MR) is 89.2 cm³/mol. The molecule has 1 heterocycles. The summed E-state index contributed by atoms with van der Waals surface area (Å²) in [6.45, 7) is 0. The smallest absolute Gasteiger partial charge is 0.339 e. The molecule has 0 spiro atoms. The van der Waals surface area contributed by atoms with Gasteiger partial charge in [0.25, 0.3) is 0 Å². The molecule has 0 unspecified atom stereocenters. The zero-order valence-corrected chi connectivity index (χ0v) is 13.4. The second-order valence-corrected chi connectivity index (χ2v) is 7.03. The monoisotopic (exact) mass is 318 g/mol. The van der Waals surface area contributed by atoms with E-state index in [0.717, 1.165) is 36.0 Å². The van der Waals surface area contributed by atoms with Gasteiger partial charge in [-0.05, 0) is 54.9 Å². The fourth-order valence-electron chi connectivity index (χ4n) is 4.59. The van der Waals surface area contributed by atoms with E-state index in [1.165, 1.54) is 17.5 Å². The van der Waals surface area contributed by atoms with Crippen LogP contribution in [0.5, 0.6) is 0 Å². The average molecular weight is 318 g/mol. The van der Waals surface area contributed by atoms with Crippen molar-refractivity contribution >= 4 is 11.8 Å². The lowest BCUT2D eigenvalue weighted by atomic mass is 9.86. The van der Waals surface area contributed by atoms with Crippen molar-refractivity contribution in [1.29, 1.82) is 0 Å². The molecule has 2 aliphatic carbocycles. The van der Waals surface area contributed by atoms with Crippen LogP contribution in [-0.2, 0) is 24.0 Å². The third kappa shape index (κ3) is 1.84. The summed E-state index contributed by atoms with van der Waals surface area (Å²) in [5.74, 6) is -0.416. The van der Waals surface area contributed by atoms with Crippen LogP contribution in [0, 0.1) is 5.92 Å². The Morgan fingerprint density at radius 1 is 0.917 bits per heavy atom. The minimum absolute atomic E-state index is 0.165. The van der Waals surface area contributed by atoms with Crippen LogP contribution in [0.25, 0.3) is 0 Å². The number of aryl methyl sites for hydroxylation is 1. The molecule has 1 aliphatic heterocycles. The fraction of sp³-hybridized carbons (Fsp3) is 0.333. The predicted octanol–water partition coefficient (Wildman–Crippen LogP) is 3.83. The molecule has 2 aromatic rings. The minimum atomic E-state index is -0.437. The maximum atomic E-state index is 13.2. The SMILES string of the molecule is O=C1O[C@@H]([C@H]2Cc3ccc4c(c3C2=O)CCCC4)c2ccccc21. The Labute approximate surface area is 140 Å². The van der Waals surface area contributed by atoms with Crippen LogP contribution < -0.4 is 0 Å². The molecule has 24 heavy (non-hydrogen) atoms. The third-order valence-electron chi connectivity index (χ3n) is 5.73. The molecule has 3 aliphatic rings. The quantitative estimate of drug-likeness (QED) is 0.751. The topological polar surface area (TPSA) is 43.4 Å². The molecule has 0 amide bonds. The summed E-state index contributed by atoms with van der Waals surface area (Å²) >= 11 is 0. The largest absolute Gasteiger partial charge is 0.453 e. The van der Waals surface area contributed by atoms with Crippen molar-refractivity contribution in [2.75, 3.05) is 0 Å². The maximum absolute atomic E-state index is 13.2. The van der Waals surface area contributed by atoms with Gasteiger partial charge >= 0.3 is 5.97 Å². The van der Waals surface area contributed by atoms with Crippen LogP contribution in [0.3, 0.4) is 0 Å². The van der Waals surface area contributed by atoms with E-state index in [4.69, 9.17) is 4.74 Å². The van der Waals surface area contributed by atoms with Crippen LogP contribution in [0.4, 0.5) is 0 Å². The summed E-state index contributed by atoms with van der Waals surface area (Å²) in [5, 5.41) is 0. The van der Waals surface area contributed by atoms with E-state index >= 15 is 0 Å². The minimum Gasteiger partial charge on any atom is -0.453 e. The standard InChI is InChI=1S/C21H18O3/c22-19-17(20-15-7-3-4-8-16(15)21(23)24-20)11-13-10-9-12-5-1-2-6-14(12)18(13)19/h3-4,7-10,17,20H,1-2,5-6,11H2/t17-,20+/m0/s1. The number of carbonyl (C=O) groups excluding carboxylic acids is 2. The number of ketones is 1. The van der Waals surface area contributed by atoms with E-state index < -0.39 is 6.10 Å². The zero-order valence-electron chi connectivity index (χ0n) is 13.4. The first-order valence-corrected chi connectivity index (χ1v) is 8.72. The van der Waals surface area contributed by atoms with Crippen LogP contribution in [0.1, 0.15) is 61.9 Å². The summed E-state index contributed by atoms with van der Waals surface area (Å²) < 4.78 is 5.60. The summed E-state index contributed by atoms with van der Waals surface area (Å²) in [7, 11) is 0. The normalized spacial score (nSPS) is 24.3. The summed E-state index contributed by atoms with van der Waals surface area (Å²) in [6.07, 6.45) is 4.67. The molecule has 3 nitrogen and oxygen atoms in total. The number of fused-ring (bicyclic) bond motifs is 4. The Bertz CT molecular complexity index is 881. The van der Waals surface area contributed by atoms with Gasteiger partial charge in [0, 0.05) is 11.1 Å². The number of carbonyl (C=O) groups is 2. The first-order valence-electron chi connectivity index (χ1n) is 8.72. The number of ether oxygens (including phenoxy) is 1. The number of Topliss-reactive ketones (excluding diaryl/α,β-unsaturated/α-hetero) is 1. The number of benzene rings is 2. The van der Waals surface area contributed by atoms with E-state index in [1.807, 2.05) is 18.2 Å². The number of cyclic esters (lactones) is 1. The second-order valence-electron chi connectivity index (χ2n) is 7.03. The highest BCUT2D eigenvalue weighted by molar-refractivity contribution is 6.05. The lowest BCUT2D eigenvalue weighted by Gasteiger charge is -2.19. The van der Waals surface area contributed by atoms with E-state index in [1.54, 1.807) is 6.07 Å². The van der Waals surface area contributed by atoms with Gasteiger partial charge < -0.3 is 4.74 Å². The van der Waals surface area contributed by atoms with Crippen molar-refractivity contribution in [3.05, 3.63) is 69.8 Å². The first-order chi connectivity index (χ1) is 11.7. The summed E-state index contributed by atoms with van der Waals surface area (Å²) in [6, 6.07) is 11.7. The first kappa shape index (κ1) is 14.0. The Kier molecular flexibility index (Phi) is 2.93. The number of rotatable bonds is 1. The Hall–Kier alpha value is -2.42. The molecule has 0 bridgehead atoms. The molecule has 2 aromatic carbocycles. The average Bonchev–Trinajstić information content (AvgIpc) is 3.13. The number of hydrogen-bond acceptors (Lipinski definition) is 3. The van der Waals surface area contributed by atoms with Gasteiger partial charge in [-0.3, -0.25) is 4.79 Å². The number of esters is 1. The van der Waals surface area contributed by atoms with Gasteiger partial charge in [-0.15, -0.1) is 0 Å². The van der Waals surface area contributed by atoms with Crippen molar-refractivity contribution in [1.82, 2.24) is 0 Å². The van der Waals surface area contributed by atoms with Gasteiger partial charge in [-0.2, -0.15) is 0 Å². The second kappa shape index (κ2) is 5.04. The van der Waals surface area contributed by atoms with Crippen molar-refractivity contribution in [3.8, 4) is 0 Å². The molecule has 0 saturated heterocycles. The molecule has 0 fully saturated rings. The summed E-state index contributed by atoms with van der Waals surface area (Å²) in [5.41, 5.74) is 6.11. The maximum Gasteiger partial charge on any atom is 0.339 e. The van der Waals surface area contributed by atoms with Crippen LogP contribution >= 0.6 is 0 Å².